The Morgan fingerprint density at radius 3 is 2.70 bits per heavy atom. The van der Waals surface area contributed by atoms with E-state index in [1.165, 1.54) is 24.3 Å². The highest BCUT2D eigenvalue weighted by atomic mass is 16.6. The number of nitrogens with zero attached hydrogens (tertiary/aromatic N) is 2. The molecule has 3 aliphatic rings. The molecule has 5 rings (SSSR count). The number of allylic oxidation sites excluding steroid dienone is 1. The van der Waals surface area contributed by atoms with Crippen molar-refractivity contribution in [2.24, 2.45) is 17.8 Å². The number of carbonyl (C=O) groups is 2. The minimum atomic E-state index is -1.11. The lowest BCUT2D eigenvalue weighted by Crippen LogP contribution is -2.46. The fraction of sp³-hybridized carbons (Fsp3) is 0.379. The lowest BCUT2D eigenvalue weighted by atomic mass is 9.58. The molecule has 0 aromatic heterocycles. The van der Waals surface area contributed by atoms with Crippen LogP contribution >= 0.6 is 0 Å². The molecule has 0 saturated carbocycles. The van der Waals surface area contributed by atoms with Crippen LogP contribution in [-0.2, 0) is 19.0 Å². The number of amides is 2. The van der Waals surface area contributed by atoms with Crippen LogP contribution in [0.1, 0.15) is 31.7 Å². The summed E-state index contributed by atoms with van der Waals surface area (Å²) in [5.41, 5.74) is 3.68. The Kier molecular flexibility index (Phi) is 7.89. The molecule has 0 radical (unpaired) electrons. The maximum absolute atomic E-state index is 13.8. The zero-order chi connectivity index (χ0) is 28.6. The predicted molar refractivity (Wildman–Crippen MR) is 148 cm³/mol. The number of fused-ring (bicyclic) bond motifs is 3. The molecule has 2 fully saturated rings. The average molecular weight is 546 g/mol. The van der Waals surface area contributed by atoms with Crippen molar-refractivity contribution in [2.45, 2.75) is 38.6 Å². The number of imide groups is 1. The third-order valence-electron chi connectivity index (χ3n) is 8.01. The number of benzene rings is 2. The summed E-state index contributed by atoms with van der Waals surface area (Å²) in [6.07, 6.45) is 3.18. The fourth-order valence-corrected chi connectivity index (χ4v) is 6.40. The van der Waals surface area contributed by atoms with Crippen molar-refractivity contribution >= 4 is 36.4 Å². The second-order valence-corrected chi connectivity index (χ2v) is 10.7. The van der Waals surface area contributed by atoms with Gasteiger partial charge in [0.15, 0.2) is 0 Å². The summed E-state index contributed by atoms with van der Waals surface area (Å²) in [5.74, 6) is -2.40. The number of non-ortho nitro benzene ring substituents is 1. The zero-order valence-electron chi connectivity index (χ0n) is 22.4. The fourth-order valence-electron chi connectivity index (χ4n) is 6.40. The maximum atomic E-state index is 13.8. The molecule has 0 spiro atoms. The lowest BCUT2D eigenvalue weighted by molar-refractivity contribution is -0.384. The van der Waals surface area contributed by atoms with Crippen LogP contribution in [0.3, 0.4) is 0 Å². The monoisotopic (exact) mass is 546 g/mol. The van der Waals surface area contributed by atoms with Gasteiger partial charge in [-0.15, -0.1) is 0 Å². The Morgan fingerprint density at radius 2 is 1.98 bits per heavy atom. The second-order valence-electron chi connectivity index (χ2n) is 10.7. The van der Waals surface area contributed by atoms with Gasteiger partial charge in [0.2, 0.25) is 11.8 Å². The van der Waals surface area contributed by atoms with Crippen molar-refractivity contribution in [1.29, 1.82) is 0 Å². The van der Waals surface area contributed by atoms with E-state index in [9.17, 15) is 29.8 Å². The highest BCUT2D eigenvalue weighted by molar-refractivity contribution is 6.43. The number of carbonyl (C=O) groups excluding carboxylic acids is 2. The van der Waals surface area contributed by atoms with Gasteiger partial charge in [-0.25, -0.2) is 4.90 Å². The average Bonchev–Trinajstić information content (AvgIpc) is 3.16. The number of ether oxygens (including phenoxy) is 1. The summed E-state index contributed by atoms with van der Waals surface area (Å²) < 4.78 is 11.5. The summed E-state index contributed by atoms with van der Waals surface area (Å²) in [5, 5.41) is 31.8. The highest BCUT2D eigenvalue weighted by Crippen LogP contribution is 2.51. The molecule has 10 nitrogen and oxygen atoms in total. The van der Waals surface area contributed by atoms with Crippen molar-refractivity contribution < 1.29 is 34.0 Å². The molecule has 2 N–H and O–H groups in total. The number of phenolic OH excluding ortho intramolecular Hbond substituents is 1. The third-order valence-corrected chi connectivity index (χ3v) is 8.01. The zero-order valence-corrected chi connectivity index (χ0v) is 22.4. The van der Waals surface area contributed by atoms with Crippen LogP contribution in [0.5, 0.6) is 5.75 Å². The van der Waals surface area contributed by atoms with E-state index < -0.39 is 47.7 Å². The molecule has 208 valence electrons. The summed E-state index contributed by atoms with van der Waals surface area (Å²) in [4.78, 5) is 39.2. The van der Waals surface area contributed by atoms with Gasteiger partial charge >= 0.3 is 7.12 Å². The predicted octanol–water partition coefficient (Wildman–Crippen LogP) is 4.13. The number of hydrogen-bond acceptors (Lipinski definition) is 8. The number of methoxy groups -OCH3 is 1. The van der Waals surface area contributed by atoms with Crippen LogP contribution in [0.15, 0.2) is 65.3 Å². The van der Waals surface area contributed by atoms with Gasteiger partial charge in [-0.2, -0.15) is 0 Å². The Morgan fingerprint density at radius 1 is 1.20 bits per heavy atom. The maximum Gasteiger partial charge on any atom is 0.455 e. The lowest BCUT2D eigenvalue weighted by Gasteiger charge is -2.43. The standard InChI is InChI=1S/C29H31BN2O8/c1-17(11-18-5-3-8-22(33)12-18)9-10-25-26-19(16-39-2)13-23-27(24(26)15-30(36)40-25)29(35)31(28(23)34)20-6-4-7-21(14-20)32(37)38/h3-8,11-12,14,23-25,27,33,36H,9-10,13,15-16H2,1-2H3/b17-11+/t23-,24+,25-,27-/m1/s1. The Labute approximate surface area is 232 Å². The molecule has 2 heterocycles. The van der Waals surface area contributed by atoms with Gasteiger partial charge in [0, 0.05) is 19.2 Å². The van der Waals surface area contributed by atoms with Gasteiger partial charge in [-0.3, -0.25) is 19.7 Å². The molecule has 40 heavy (non-hydrogen) atoms. The van der Waals surface area contributed by atoms with E-state index in [1.807, 2.05) is 19.1 Å². The first kappa shape index (κ1) is 27.8. The molecule has 2 aromatic carbocycles. The molecular weight excluding hydrogens is 515 g/mol. The smallest absolute Gasteiger partial charge is 0.455 e. The van der Waals surface area contributed by atoms with E-state index in [0.29, 0.717) is 19.3 Å². The number of hydrogen-bond donors (Lipinski definition) is 2. The largest absolute Gasteiger partial charge is 0.508 e. The second kappa shape index (κ2) is 11.4. The van der Waals surface area contributed by atoms with Gasteiger partial charge in [-0.05, 0) is 73.3 Å². The van der Waals surface area contributed by atoms with Gasteiger partial charge in [0.25, 0.3) is 5.69 Å². The van der Waals surface area contributed by atoms with Crippen LogP contribution in [0.25, 0.3) is 6.08 Å². The number of anilines is 1. The summed E-state index contributed by atoms with van der Waals surface area (Å²) >= 11 is 0. The first-order valence-electron chi connectivity index (χ1n) is 13.3. The van der Waals surface area contributed by atoms with Crippen LogP contribution in [0, 0.1) is 27.9 Å². The van der Waals surface area contributed by atoms with Crippen molar-refractivity contribution in [3.05, 3.63) is 80.9 Å². The molecule has 4 atom stereocenters. The quantitative estimate of drug-likeness (QED) is 0.166. The Bertz CT molecular complexity index is 1410. The van der Waals surface area contributed by atoms with Gasteiger partial charge in [0.1, 0.15) is 5.75 Å². The number of aromatic hydroxyl groups is 1. The number of nitro benzene ring substituents is 1. The normalized spacial score (nSPS) is 24.8. The van der Waals surface area contributed by atoms with E-state index in [0.717, 1.165) is 27.2 Å². The molecule has 2 aliphatic heterocycles. The Hall–Kier alpha value is -3.80. The van der Waals surface area contributed by atoms with Crippen molar-refractivity contribution in [3.8, 4) is 5.75 Å². The third kappa shape index (κ3) is 5.32. The molecule has 1 aliphatic carbocycles. The van der Waals surface area contributed by atoms with Crippen LogP contribution in [0.4, 0.5) is 11.4 Å². The molecule has 2 aromatic rings. The van der Waals surface area contributed by atoms with Crippen molar-refractivity contribution in [3.63, 3.8) is 0 Å². The van der Waals surface area contributed by atoms with Crippen molar-refractivity contribution in [2.75, 3.05) is 18.6 Å². The van der Waals surface area contributed by atoms with Gasteiger partial charge < -0.3 is 19.5 Å². The van der Waals surface area contributed by atoms with E-state index in [-0.39, 0.29) is 30.1 Å². The first-order chi connectivity index (χ1) is 19.2. The topological polar surface area (TPSA) is 139 Å². The van der Waals surface area contributed by atoms with Crippen LogP contribution < -0.4 is 4.90 Å². The molecule has 2 amide bonds. The summed E-state index contributed by atoms with van der Waals surface area (Å²) in [6.45, 7) is 2.25. The minimum Gasteiger partial charge on any atom is -0.508 e. The van der Waals surface area contributed by atoms with Crippen LogP contribution in [0.2, 0.25) is 6.32 Å². The van der Waals surface area contributed by atoms with Crippen LogP contribution in [-0.4, -0.2) is 53.8 Å². The van der Waals surface area contributed by atoms with E-state index in [2.05, 4.69) is 0 Å². The first-order valence-corrected chi connectivity index (χ1v) is 13.3. The number of rotatable bonds is 8. The van der Waals surface area contributed by atoms with E-state index >= 15 is 0 Å². The summed E-state index contributed by atoms with van der Waals surface area (Å²) in [7, 11) is 0.466. The molecule has 2 saturated heterocycles. The van der Waals surface area contributed by atoms with E-state index in [4.69, 9.17) is 9.39 Å². The Balaban J connectivity index is 1.44. The molecule has 0 unspecified atom stereocenters. The summed E-state index contributed by atoms with van der Waals surface area (Å²) in [6, 6.07) is 12.5. The van der Waals surface area contributed by atoms with E-state index in [1.54, 1.807) is 25.3 Å². The van der Waals surface area contributed by atoms with Gasteiger partial charge in [0.05, 0.1) is 35.2 Å². The van der Waals surface area contributed by atoms with Crippen molar-refractivity contribution in [1.82, 2.24) is 0 Å². The minimum absolute atomic E-state index is 0.167. The number of nitro groups is 1. The molecule has 0 bridgehead atoms. The molecule has 11 heteroatoms. The number of phenols is 1. The highest BCUT2D eigenvalue weighted by Gasteiger charge is 2.57. The van der Waals surface area contributed by atoms with Gasteiger partial charge in [-0.1, -0.05) is 29.8 Å². The SMILES string of the molecule is COCC1=C2[C@@H](CC/C(C)=C/c3cccc(O)c3)OB(O)C[C@@H]2[C@@H]2C(=O)N(c3cccc([N+](=O)[O-])c3)C(=O)[C@@H]2C1. The molecular formula is C29H31BN2O8.